The predicted octanol–water partition coefficient (Wildman–Crippen LogP) is 4.09. The molecule has 0 aromatic heterocycles. The number of nitrogens with zero attached hydrogens (tertiary/aromatic N) is 1. The molecule has 1 heterocycles. The molecule has 0 radical (unpaired) electrons. The van der Waals surface area contributed by atoms with Crippen molar-refractivity contribution < 1.29 is 9.59 Å². The highest BCUT2D eigenvalue weighted by Crippen LogP contribution is 2.16. The number of anilines is 1. The summed E-state index contributed by atoms with van der Waals surface area (Å²) < 4.78 is 0. The summed E-state index contributed by atoms with van der Waals surface area (Å²) in [5.41, 5.74) is 2.90. The Morgan fingerprint density at radius 1 is 1.07 bits per heavy atom. The van der Waals surface area contributed by atoms with Gasteiger partial charge in [-0.1, -0.05) is 35.9 Å². The maximum atomic E-state index is 12.2. The van der Waals surface area contributed by atoms with Crippen LogP contribution in [0.4, 0.5) is 5.69 Å². The first-order valence-corrected chi connectivity index (χ1v) is 10.2. The van der Waals surface area contributed by atoms with E-state index < -0.39 is 0 Å². The lowest BCUT2D eigenvalue weighted by Gasteiger charge is -2.32. The molecule has 1 aliphatic heterocycles. The van der Waals surface area contributed by atoms with E-state index in [1.54, 1.807) is 12.2 Å². The lowest BCUT2D eigenvalue weighted by molar-refractivity contribution is -0.117. The highest BCUT2D eigenvalue weighted by Gasteiger charge is 2.20. The van der Waals surface area contributed by atoms with E-state index in [0.717, 1.165) is 48.7 Å². The zero-order valence-corrected chi connectivity index (χ0v) is 17.3. The van der Waals surface area contributed by atoms with Gasteiger partial charge >= 0.3 is 0 Å². The smallest absolute Gasteiger partial charge is 0.244 e. The normalized spacial score (nSPS) is 15.4. The zero-order valence-electron chi connectivity index (χ0n) is 16.5. The van der Waals surface area contributed by atoms with Crippen LogP contribution in [0.25, 0.3) is 6.08 Å². The van der Waals surface area contributed by atoms with Crippen LogP contribution in [0.2, 0.25) is 5.02 Å². The van der Waals surface area contributed by atoms with E-state index in [1.807, 2.05) is 36.4 Å². The number of hydrogen-bond donors (Lipinski definition) is 2. The molecule has 152 valence electrons. The van der Waals surface area contributed by atoms with Gasteiger partial charge in [-0.25, -0.2) is 0 Å². The highest BCUT2D eigenvalue weighted by atomic mass is 35.5. The molecule has 1 aliphatic rings. The number of amides is 2. The van der Waals surface area contributed by atoms with Crippen molar-refractivity contribution in [2.24, 2.45) is 0 Å². The summed E-state index contributed by atoms with van der Waals surface area (Å²) in [6.45, 7) is 4.30. The zero-order chi connectivity index (χ0) is 20.6. The Morgan fingerprint density at radius 3 is 2.34 bits per heavy atom. The summed E-state index contributed by atoms with van der Waals surface area (Å²) in [4.78, 5) is 25.7. The largest absolute Gasteiger partial charge is 0.350 e. The molecule has 1 saturated heterocycles. The van der Waals surface area contributed by atoms with Crippen molar-refractivity contribution in [1.82, 2.24) is 10.2 Å². The number of carbonyl (C=O) groups excluding carboxylic acids is 2. The summed E-state index contributed by atoms with van der Waals surface area (Å²) in [6.07, 6.45) is 5.23. The van der Waals surface area contributed by atoms with E-state index in [9.17, 15) is 9.59 Å². The second-order valence-electron chi connectivity index (χ2n) is 7.32. The molecule has 2 N–H and O–H groups in total. The number of nitrogens with one attached hydrogen (secondary N) is 2. The number of halogens is 1. The van der Waals surface area contributed by atoms with Crippen LogP contribution in [-0.2, 0) is 16.1 Å². The van der Waals surface area contributed by atoms with Crippen molar-refractivity contribution in [1.29, 1.82) is 0 Å². The molecule has 0 saturated carbocycles. The predicted molar refractivity (Wildman–Crippen MR) is 118 cm³/mol. The average molecular weight is 412 g/mol. The van der Waals surface area contributed by atoms with Crippen molar-refractivity contribution in [3.8, 4) is 0 Å². The van der Waals surface area contributed by atoms with Gasteiger partial charge in [-0.15, -0.1) is 0 Å². The molecule has 5 nitrogen and oxygen atoms in total. The number of likely N-dealkylation sites (tertiary alicyclic amines) is 1. The molecular formula is C23H26ClN3O2. The van der Waals surface area contributed by atoms with Crippen LogP contribution in [0.1, 0.15) is 30.9 Å². The topological polar surface area (TPSA) is 61.4 Å². The van der Waals surface area contributed by atoms with Gasteiger partial charge in [-0.2, -0.15) is 0 Å². The Labute approximate surface area is 176 Å². The molecule has 0 atom stereocenters. The fourth-order valence-electron chi connectivity index (χ4n) is 3.39. The number of carbonyl (C=O) groups is 2. The van der Waals surface area contributed by atoms with Crippen molar-refractivity contribution in [3.63, 3.8) is 0 Å². The maximum Gasteiger partial charge on any atom is 0.244 e. The van der Waals surface area contributed by atoms with Crippen LogP contribution < -0.4 is 10.6 Å². The van der Waals surface area contributed by atoms with Crippen LogP contribution in [0.3, 0.4) is 0 Å². The highest BCUT2D eigenvalue weighted by molar-refractivity contribution is 6.30. The minimum atomic E-state index is -0.105. The molecule has 29 heavy (non-hydrogen) atoms. The van der Waals surface area contributed by atoms with Gasteiger partial charge in [0.05, 0.1) is 0 Å². The van der Waals surface area contributed by atoms with E-state index in [2.05, 4.69) is 27.7 Å². The van der Waals surface area contributed by atoms with E-state index in [0.29, 0.717) is 0 Å². The summed E-state index contributed by atoms with van der Waals surface area (Å²) in [7, 11) is 0. The molecule has 2 aromatic rings. The summed E-state index contributed by atoms with van der Waals surface area (Å²) in [6, 6.07) is 15.5. The fraction of sp³-hybridized carbons (Fsp3) is 0.304. The number of hydrogen-bond acceptors (Lipinski definition) is 3. The Kier molecular flexibility index (Phi) is 7.44. The first-order chi connectivity index (χ1) is 14.0. The standard InChI is InChI=1S/C23H26ClN3O2/c1-17(28)25-21-9-4-18(5-10-21)6-11-23(29)26-22-12-14-27(15-13-22)16-19-2-7-20(24)8-3-19/h2-11,22H,12-16H2,1H3,(H,25,28)(H,26,29)/b11-6+. The van der Waals surface area contributed by atoms with Crippen LogP contribution in [0, 0.1) is 0 Å². The third-order valence-corrected chi connectivity index (χ3v) is 5.16. The summed E-state index contributed by atoms with van der Waals surface area (Å²) in [5, 5.41) is 6.57. The van der Waals surface area contributed by atoms with E-state index in [4.69, 9.17) is 11.6 Å². The van der Waals surface area contributed by atoms with Gasteiger partial charge in [0.15, 0.2) is 0 Å². The molecule has 0 aliphatic carbocycles. The van der Waals surface area contributed by atoms with Crippen LogP contribution in [-0.4, -0.2) is 35.8 Å². The summed E-state index contributed by atoms with van der Waals surface area (Å²) >= 11 is 5.94. The van der Waals surface area contributed by atoms with Crippen molar-refractivity contribution in [2.45, 2.75) is 32.4 Å². The lowest BCUT2D eigenvalue weighted by atomic mass is 10.0. The van der Waals surface area contributed by atoms with Crippen LogP contribution in [0.5, 0.6) is 0 Å². The number of piperidine rings is 1. The summed E-state index contributed by atoms with van der Waals surface area (Å²) in [5.74, 6) is -0.182. The Balaban J connectivity index is 1.41. The fourth-order valence-corrected chi connectivity index (χ4v) is 3.51. The van der Waals surface area contributed by atoms with Gasteiger partial charge in [0.1, 0.15) is 0 Å². The Morgan fingerprint density at radius 2 is 1.72 bits per heavy atom. The molecule has 1 fully saturated rings. The molecule has 0 unspecified atom stereocenters. The molecule has 3 rings (SSSR count). The van der Waals surface area contributed by atoms with Gasteiger partial charge in [-0.05, 0) is 54.3 Å². The van der Waals surface area contributed by atoms with Crippen LogP contribution >= 0.6 is 11.6 Å². The number of rotatable bonds is 6. The van der Waals surface area contributed by atoms with Crippen molar-refractivity contribution >= 4 is 35.2 Å². The average Bonchev–Trinajstić information content (AvgIpc) is 2.70. The Hall–Kier alpha value is -2.63. The lowest BCUT2D eigenvalue weighted by Crippen LogP contribution is -2.43. The first-order valence-electron chi connectivity index (χ1n) is 9.81. The molecule has 6 heteroatoms. The van der Waals surface area contributed by atoms with E-state index in [-0.39, 0.29) is 17.9 Å². The SMILES string of the molecule is CC(=O)Nc1ccc(/C=C/C(=O)NC2CCN(Cc3ccc(Cl)cc3)CC2)cc1. The van der Waals surface area contributed by atoms with Gasteiger partial charge in [0.2, 0.25) is 11.8 Å². The van der Waals surface area contributed by atoms with Crippen molar-refractivity contribution in [3.05, 3.63) is 70.8 Å². The molecule has 2 aromatic carbocycles. The minimum absolute atomic E-state index is 0.0768. The van der Waals surface area contributed by atoms with Gasteiger partial charge in [0.25, 0.3) is 0 Å². The molecule has 0 spiro atoms. The van der Waals surface area contributed by atoms with Crippen LogP contribution in [0.15, 0.2) is 54.6 Å². The van der Waals surface area contributed by atoms with E-state index >= 15 is 0 Å². The maximum absolute atomic E-state index is 12.2. The van der Waals surface area contributed by atoms with Gasteiger partial charge in [-0.3, -0.25) is 14.5 Å². The second-order valence-corrected chi connectivity index (χ2v) is 7.76. The van der Waals surface area contributed by atoms with Crippen molar-refractivity contribution in [2.75, 3.05) is 18.4 Å². The van der Waals surface area contributed by atoms with E-state index in [1.165, 1.54) is 12.5 Å². The molecular weight excluding hydrogens is 386 g/mol. The first kappa shape index (κ1) is 21.1. The second kappa shape index (κ2) is 10.2. The van der Waals surface area contributed by atoms with Gasteiger partial charge < -0.3 is 10.6 Å². The monoisotopic (exact) mass is 411 g/mol. The van der Waals surface area contributed by atoms with Gasteiger partial charge in [0, 0.05) is 49.4 Å². The number of benzene rings is 2. The third-order valence-electron chi connectivity index (χ3n) is 4.91. The molecule has 2 amide bonds. The Bertz CT molecular complexity index is 855. The quantitative estimate of drug-likeness (QED) is 0.704. The minimum Gasteiger partial charge on any atom is -0.350 e. The third kappa shape index (κ3) is 7.04. The molecule has 0 bridgehead atoms.